The number of ether oxygens (including phenoxy) is 3. The van der Waals surface area contributed by atoms with Gasteiger partial charge in [0.05, 0.1) is 12.7 Å². The Labute approximate surface area is 146 Å². The second-order valence-corrected chi connectivity index (χ2v) is 6.74. The first-order chi connectivity index (χ1) is 11.7. The third kappa shape index (κ3) is 4.71. The predicted molar refractivity (Wildman–Crippen MR) is 89.0 cm³/mol. The molecule has 1 aromatic rings. The highest BCUT2D eigenvalue weighted by Gasteiger charge is 2.46. The maximum absolute atomic E-state index is 12.3. The first kappa shape index (κ1) is 18.8. The second kappa shape index (κ2) is 7.55. The number of methoxy groups -OCH3 is 1. The van der Waals surface area contributed by atoms with Crippen LogP contribution in [-0.2, 0) is 19.0 Å². The number of benzene rings is 1. The zero-order valence-corrected chi connectivity index (χ0v) is 14.9. The number of hydrogen-bond acceptors (Lipinski definition) is 6. The molecule has 1 heterocycles. The van der Waals surface area contributed by atoms with Crippen LogP contribution in [-0.4, -0.2) is 54.3 Å². The molecule has 1 fully saturated rings. The fraction of sp³-hybridized carbons (Fsp3) is 0.500. The van der Waals surface area contributed by atoms with Gasteiger partial charge in [-0.05, 0) is 32.9 Å². The first-order valence-electron chi connectivity index (χ1n) is 8.06. The highest BCUT2D eigenvalue weighted by Crippen LogP contribution is 2.25. The number of esters is 2. The number of nitrogens with zero attached hydrogens (tertiary/aromatic N) is 1. The molecule has 1 amide bonds. The van der Waals surface area contributed by atoms with Gasteiger partial charge in [-0.25, -0.2) is 14.4 Å². The van der Waals surface area contributed by atoms with Crippen LogP contribution in [0, 0.1) is 0 Å². The fourth-order valence-electron chi connectivity index (χ4n) is 2.59. The average molecular weight is 349 g/mol. The second-order valence-electron chi connectivity index (χ2n) is 6.74. The molecule has 25 heavy (non-hydrogen) atoms. The van der Waals surface area contributed by atoms with E-state index in [2.05, 4.69) is 0 Å². The zero-order chi connectivity index (χ0) is 18.6. The molecule has 0 radical (unpaired) electrons. The van der Waals surface area contributed by atoms with E-state index in [9.17, 15) is 14.4 Å². The number of carbonyl (C=O) groups excluding carboxylic acids is 3. The zero-order valence-electron chi connectivity index (χ0n) is 14.9. The Balaban J connectivity index is 2.14. The van der Waals surface area contributed by atoms with Crippen molar-refractivity contribution in [2.24, 2.45) is 0 Å². The summed E-state index contributed by atoms with van der Waals surface area (Å²) in [5, 5.41) is 0. The van der Waals surface area contributed by atoms with E-state index in [1.807, 2.05) is 0 Å². The van der Waals surface area contributed by atoms with Crippen molar-refractivity contribution in [3.63, 3.8) is 0 Å². The summed E-state index contributed by atoms with van der Waals surface area (Å²) in [6.07, 6.45) is -1.09. The third-order valence-corrected chi connectivity index (χ3v) is 3.68. The van der Waals surface area contributed by atoms with Gasteiger partial charge < -0.3 is 14.2 Å². The highest BCUT2D eigenvalue weighted by molar-refractivity contribution is 5.90. The molecule has 0 aliphatic carbocycles. The van der Waals surface area contributed by atoms with E-state index < -0.39 is 35.8 Å². The summed E-state index contributed by atoms with van der Waals surface area (Å²) in [6.45, 7) is 5.45. The molecule has 1 aromatic carbocycles. The minimum Gasteiger partial charge on any atom is -0.467 e. The molecular weight excluding hydrogens is 326 g/mol. The van der Waals surface area contributed by atoms with E-state index in [0.29, 0.717) is 12.0 Å². The van der Waals surface area contributed by atoms with Gasteiger partial charge in [0.2, 0.25) is 0 Å². The molecule has 0 saturated carbocycles. The lowest BCUT2D eigenvalue weighted by atomic mass is 10.1. The summed E-state index contributed by atoms with van der Waals surface area (Å²) in [5.74, 6) is -1.19. The average Bonchev–Trinajstić information content (AvgIpc) is 2.97. The van der Waals surface area contributed by atoms with Gasteiger partial charge in [0.1, 0.15) is 11.7 Å². The summed E-state index contributed by atoms with van der Waals surface area (Å²) in [4.78, 5) is 38.0. The molecule has 1 aliphatic heterocycles. The number of carbonyl (C=O) groups is 3. The van der Waals surface area contributed by atoms with Gasteiger partial charge >= 0.3 is 18.0 Å². The van der Waals surface area contributed by atoms with Crippen LogP contribution in [0.3, 0.4) is 0 Å². The van der Waals surface area contributed by atoms with Crippen LogP contribution in [0.1, 0.15) is 37.6 Å². The molecule has 0 aromatic heterocycles. The SMILES string of the molecule is COC(=O)[C@H]1[C@H](OC(=O)c2ccccc2)CCN1C(=O)OC(C)(C)C. The molecular formula is C18H23NO6. The quantitative estimate of drug-likeness (QED) is 0.616. The molecule has 7 nitrogen and oxygen atoms in total. The topological polar surface area (TPSA) is 82.1 Å². The van der Waals surface area contributed by atoms with E-state index in [0.717, 1.165) is 0 Å². The van der Waals surface area contributed by atoms with Crippen molar-refractivity contribution < 1.29 is 28.6 Å². The molecule has 2 atom stereocenters. The van der Waals surface area contributed by atoms with E-state index in [4.69, 9.17) is 14.2 Å². The largest absolute Gasteiger partial charge is 0.467 e. The van der Waals surface area contributed by atoms with Gasteiger partial charge in [-0.1, -0.05) is 18.2 Å². The van der Waals surface area contributed by atoms with Crippen LogP contribution in [0.4, 0.5) is 4.79 Å². The number of likely N-dealkylation sites (tertiary alicyclic amines) is 1. The molecule has 0 N–H and O–H groups in total. The monoisotopic (exact) mass is 349 g/mol. The van der Waals surface area contributed by atoms with E-state index in [-0.39, 0.29) is 6.54 Å². The van der Waals surface area contributed by atoms with E-state index in [1.165, 1.54) is 12.0 Å². The van der Waals surface area contributed by atoms with Crippen LogP contribution in [0.25, 0.3) is 0 Å². The summed E-state index contributed by atoms with van der Waals surface area (Å²) in [6, 6.07) is 7.44. The summed E-state index contributed by atoms with van der Waals surface area (Å²) >= 11 is 0. The fourth-order valence-corrected chi connectivity index (χ4v) is 2.59. The molecule has 2 rings (SSSR count). The van der Waals surface area contributed by atoms with E-state index in [1.54, 1.807) is 51.1 Å². The van der Waals surface area contributed by atoms with Crippen molar-refractivity contribution in [1.82, 2.24) is 4.90 Å². The van der Waals surface area contributed by atoms with Crippen molar-refractivity contribution in [2.75, 3.05) is 13.7 Å². The third-order valence-electron chi connectivity index (χ3n) is 3.68. The van der Waals surface area contributed by atoms with E-state index >= 15 is 0 Å². The molecule has 136 valence electrons. The maximum atomic E-state index is 12.3. The van der Waals surface area contributed by atoms with Crippen molar-refractivity contribution in [3.8, 4) is 0 Å². The van der Waals surface area contributed by atoms with Crippen LogP contribution >= 0.6 is 0 Å². The summed E-state index contributed by atoms with van der Waals surface area (Å²) < 4.78 is 15.6. The van der Waals surface area contributed by atoms with Crippen molar-refractivity contribution >= 4 is 18.0 Å². The van der Waals surface area contributed by atoms with Crippen LogP contribution in [0.15, 0.2) is 30.3 Å². The van der Waals surface area contributed by atoms with Gasteiger partial charge in [0, 0.05) is 13.0 Å². The van der Waals surface area contributed by atoms with Crippen LogP contribution in [0.2, 0.25) is 0 Å². The number of hydrogen-bond donors (Lipinski definition) is 0. The Morgan fingerprint density at radius 2 is 1.76 bits per heavy atom. The Kier molecular flexibility index (Phi) is 5.66. The van der Waals surface area contributed by atoms with Gasteiger partial charge in [-0.15, -0.1) is 0 Å². The molecule has 7 heteroatoms. The summed E-state index contributed by atoms with van der Waals surface area (Å²) in [7, 11) is 1.23. The van der Waals surface area contributed by atoms with Crippen molar-refractivity contribution in [1.29, 1.82) is 0 Å². The molecule has 1 aliphatic rings. The standard InChI is InChI=1S/C18H23NO6/c1-18(2,3)25-17(22)19-11-10-13(14(19)16(21)23-4)24-15(20)12-8-6-5-7-9-12/h5-9,13-14H,10-11H2,1-4H3/t13-,14-/m1/s1. The van der Waals surface area contributed by atoms with Gasteiger partial charge in [0.15, 0.2) is 6.04 Å². The van der Waals surface area contributed by atoms with Crippen LogP contribution in [0.5, 0.6) is 0 Å². The number of rotatable bonds is 3. The molecule has 0 spiro atoms. The minimum absolute atomic E-state index is 0.238. The Morgan fingerprint density at radius 1 is 1.12 bits per heavy atom. The van der Waals surface area contributed by atoms with Gasteiger partial charge in [0.25, 0.3) is 0 Å². The molecule has 0 unspecified atom stereocenters. The Bertz CT molecular complexity index is 637. The number of amides is 1. The lowest BCUT2D eigenvalue weighted by Crippen LogP contribution is -2.48. The Morgan fingerprint density at radius 3 is 2.32 bits per heavy atom. The predicted octanol–water partition coefficient (Wildman–Crippen LogP) is 2.39. The smallest absolute Gasteiger partial charge is 0.411 e. The summed E-state index contributed by atoms with van der Waals surface area (Å²) in [5.41, 5.74) is -0.321. The molecule has 1 saturated heterocycles. The normalized spacial score (nSPS) is 20.1. The lowest BCUT2D eigenvalue weighted by molar-refractivity contribution is -0.148. The van der Waals surface area contributed by atoms with Gasteiger partial charge in [-0.2, -0.15) is 0 Å². The Hall–Kier alpha value is -2.57. The van der Waals surface area contributed by atoms with Gasteiger partial charge in [-0.3, -0.25) is 4.90 Å². The maximum Gasteiger partial charge on any atom is 0.411 e. The minimum atomic E-state index is -1.02. The van der Waals surface area contributed by atoms with Crippen molar-refractivity contribution in [2.45, 2.75) is 44.9 Å². The first-order valence-corrected chi connectivity index (χ1v) is 8.06. The highest BCUT2D eigenvalue weighted by atomic mass is 16.6. The lowest BCUT2D eigenvalue weighted by Gasteiger charge is -2.28. The van der Waals surface area contributed by atoms with Crippen molar-refractivity contribution in [3.05, 3.63) is 35.9 Å². The molecule has 0 bridgehead atoms. The van der Waals surface area contributed by atoms with Crippen LogP contribution < -0.4 is 0 Å².